The van der Waals surface area contributed by atoms with Crippen molar-refractivity contribution >= 4 is 17.9 Å². The molecule has 0 saturated heterocycles. The van der Waals surface area contributed by atoms with Gasteiger partial charge < -0.3 is 15.3 Å². The van der Waals surface area contributed by atoms with Gasteiger partial charge >= 0.3 is 0 Å². The van der Waals surface area contributed by atoms with E-state index < -0.39 is 0 Å². The van der Waals surface area contributed by atoms with Gasteiger partial charge in [0, 0.05) is 18.6 Å². The van der Waals surface area contributed by atoms with Crippen molar-refractivity contribution in [3.05, 3.63) is 21.7 Å². The molecule has 0 amide bonds. The molecule has 0 spiro atoms. The quantitative estimate of drug-likeness (QED) is 0.686. The summed E-state index contributed by atoms with van der Waals surface area (Å²) >= 11 is 5.77. The van der Waals surface area contributed by atoms with Gasteiger partial charge in [0.15, 0.2) is 6.29 Å². The van der Waals surface area contributed by atoms with Gasteiger partial charge in [-0.3, -0.25) is 4.79 Å². The van der Waals surface area contributed by atoms with E-state index in [4.69, 9.17) is 16.7 Å². The largest absolute Gasteiger partial charge is 0.507 e. The van der Waals surface area contributed by atoms with Crippen LogP contribution < -0.4 is 0 Å². The number of aliphatic hydroxyl groups is 1. The van der Waals surface area contributed by atoms with Gasteiger partial charge in [-0.2, -0.15) is 0 Å². The van der Waals surface area contributed by atoms with E-state index in [1.54, 1.807) is 0 Å². The van der Waals surface area contributed by atoms with Crippen LogP contribution in [0.25, 0.3) is 0 Å². The number of halogens is 1. The highest BCUT2D eigenvalue weighted by molar-refractivity contribution is 6.33. The fourth-order valence-electron chi connectivity index (χ4n) is 1.37. The summed E-state index contributed by atoms with van der Waals surface area (Å²) in [6.07, 6.45) is 0.509. The molecule has 1 aromatic rings. The van der Waals surface area contributed by atoms with Crippen LogP contribution in [-0.2, 0) is 6.42 Å². The third-order valence-electron chi connectivity index (χ3n) is 2.25. The van der Waals surface area contributed by atoms with E-state index >= 15 is 0 Å². The van der Waals surface area contributed by atoms with Crippen LogP contribution >= 0.6 is 11.6 Å². The minimum atomic E-state index is -0.321. The molecule has 0 radical (unpaired) electrons. The van der Waals surface area contributed by atoms with Crippen molar-refractivity contribution in [1.29, 1.82) is 0 Å². The topological polar surface area (TPSA) is 77.8 Å². The van der Waals surface area contributed by atoms with Gasteiger partial charge in [-0.05, 0) is 12.5 Å². The van der Waals surface area contributed by atoms with E-state index in [-0.39, 0.29) is 40.7 Å². The highest BCUT2D eigenvalue weighted by Gasteiger charge is 2.19. The summed E-state index contributed by atoms with van der Waals surface area (Å²) in [5, 5.41) is 28.0. The van der Waals surface area contributed by atoms with Crippen LogP contribution in [0.2, 0.25) is 5.02 Å². The number of phenols is 2. The average Bonchev–Trinajstić information content (AvgIpc) is 2.22. The van der Waals surface area contributed by atoms with E-state index in [1.165, 1.54) is 6.92 Å². The number of hydrogen-bond donors (Lipinski definition) is 3. The lowest BCUT2D eigenvalue weighted by Gasteiger charge is -2.12. The predicted molar refractivity (Wildman–Crippen MR) is 55.7 cm³/mol. The second kappa shape index (κ2) is 4.51. The van der Waals surface area contributed by atoms with Crippen molar-refractivity contribution in [3.8, 4) is 11.5 Å². The van der Waals surface area contributed by atoms with E-state index in [9.17, 15) is 15.0 Å². The van der Waals surface area contributed by atoms with Gasteiger partial charge in [-0.25, -0.2) is 0 Å². The highest BCUT2D eigenvalue weighted by Crippen LogP contribution is 2.39. The zero-order chi connectivity index (χ0) is 11.6. The van der Waals surface area contributed by atoms with Crippen LogP contribution in [0.15, 0.2) is 0 Å². The molecule has 0 bridgehead atoms. The lowest BCUT2D eigenvalue weighted by atomic mass is 10.0. The summed E-state index contributed by atoms with van der Waals surface area (Å²) in [6.45, 7) is 1.27. The lowest BCUT2D eigenvalue weighted by Crippen LogP contribution is -1.98. The van der Waals surface area contributed by atoms with Crippen molar-refractivity contribution < 1.29 is 20.1 Å². The Kier molecular flexibility index (Phi) is 3.55. The standard InChI is InChI=1S/C10H11ClO4/c1-5-7(4-13)9(14)6(2-3-12)10(15)8(5)11/h4,12,14-15H,2-3H2,1H3. The van der Waals surface area contributed by atoms with Crippen LogP contribution in [0.4, 0.5) is 0 Å². The Morgan fingerprint density at radius 3 is 2.40 bits per heavy atom. The smallest absolute Gasteiger partial charge is 0.154 e. The van der Waals surface area contributed by atoms with Gasteiger partial charge in [0.1, 0.15) is 11.5 Å². The lowest BCUT2D eigenvalue weighted by molar-refractivity contribution is 0.112. The van der Waals surface area contributed by atoms with Crippen LogP contribution in [0, 0.1) is 6.92 Å². The number of hydrogen-bond acceptors (Lipinski definition) is 4. The summed E-state index contributed by atoms with van der Waals surface area (Å²) in [5.41, 5.74) is 0.458. The number of aldehydes is 1. The normalized spacial score (nSPS) is 10.3. The molecule has 0 aliphatic rings. The maximum absolute atomic E-state index is 10.7. The maximum Gasteiger partial charge on any atom is 0.154 e. The molecule has 5 heteroatoms. The Hall–Kier alpha value is -1.26. The van der Waals surface area contributed by atoms with Crippen molar-refractivity contribution in [2.75, 3.05) is 6.61 Å². The number of rotatable bonds is 3. The second-order valence-electron chi connectivity index (χ2n) is 3.12. The molecule has 3 N–H and O–H groups in total. The van der Waals surface area contributed by atoms with Gasteiger partial charge in [0.2, 0.25) is 0 Å². The molecule has 0 atom stereocenters. The molecule has 1 aromatic carbocycles. The zero-order valence-electron chi connectivity index (χ0n) is 8.12. The number of benzene rings is 1. The van der Waals surface area contributed by atoms with Gasteiger partial charge in [-0.1, -0.05) is 11.6 Å². The Balaban J connectivity index is 3.52. The average molecular weight is 231 g/mol. The molecule has 82 valence electrons. The molecule has 0 aliphatic heterocycles. The van der Waals surface area contributed by atoms with Gasteiger partial charge in [-0.15, -0.1) is 0 Å². The molecule has 0 fully saturated rings. The third-order valence-corrected chi connectivity index (χ3v) is 2.71. The predicted octanol–water partition coefficient (Wildman–Crippen LogP) is 1.41. The number of carbonyl (C=O) groups is 1. The Morgan fingerprint density at radius 2 is 1.93 bits per heavy atom. The monoisotopic (exact) mass is 230 g/mol. The number of aromatic hydroxyl groups is 2. The fraction of sp³-hybridized carbons (Fsp3) is 0.300. The van der Waals surface area contributed by atoms with Crippen LogP contribution in [0.3, 0.4) is 0 Å². The third kappa shape index (κ3) is 1.91. The summed E-state index contributed by atoms with van der Waals surface area (Å²) in [7, 11) is 0. The molecule has 0 aliphatic carbocycles. The van der Waals surface area contributed by atoms with Crippen molar-refractivity contribution in [1.82, 2.24) is 0 Å². The number of carbonyl (C=O) groups excluding carboxylic acids is 1. The number of phenolic OH excluding ortho intramolecular Hbond substituents is 2. The van der Waals surface area contributed by atoms with Crippen molar-refractivity contribution in [3.63, 3.8) is 0 Å². The molecule has 1 rings (SSSR count). The van der Waals surface area contributed by atoms with Crippen LogP contribution in [-0.4, -0.2) is 28.2 Å². The Labute approximate surface area is 91.7 Å². The summed E-state index contributed by atoms with van der Waals surface area (Å²) in [5.74, 6) is -0.607. The van der Waals surface area contributed by atoms with E-state index in [2.05, 4.69) is 0 Å². The van der Waals surface area contributed by atoms with Crippen LogP contribution in [0.5, 0.6) is 11.5 Å². The van der Waals surface area contributed by atoms with Crippen molar-refractivity contribution in [2.24, 2.45) is 0 Å². The van der Waals surface area contributed by atoms with E-state index in [0.29, 0.717) is 11.8 Å². The summed E-state index contributed by atoms with van der Waals surface area (Å²) < 4.78 is 0. The zero-order valence-corrected chi connectivity index (χ0v) is 8.88. The minimum Gasteiger partial charge on any atom is -0.507 e. The Bertz CT molecular complexity index is 401. The fourth-order valence-corrected chi connectivity index (χ4v) is 1.59. The first-order valence-corrected chi connectivity index (χ1v) is 4.71. The molecule has 15 heavy (non-hydrogen) atoms. The molecule has 4 nitrogen and oxygen atoms in total. The van der Waals surface area contributed by atoms with Gasteiger partial charge in [0.25, 0.3) is 0 Å². The number of aliphatic hydroxyl groups excluding tert-OH is 1. The maximum atomic E-state index is 10.7. The molecular formula is C10H11ClO4. The van der Waals surface area contributed by atoms with Crippen LogP contribution in [0.1, 0.15) is 21.5 Å². The minimum absolute atomic E-state index is 0.0263. The van der Waals surface area contributed by atoms with Gasteiger partial charge in [0.05, 0.1) is 10.6 Å². The molecule has 0 aromatic heterocycles. The first kappa shape index (κ1) is 11.8. The molecular weight excluding hydrogens is 220 g/mol. The van der Waals surface area contributed by atoms with E-state index in [1.807, 2.05) is 0 Å². The summed E-state index contributed by atoms with van der Waals surface area (Å²) in [6, 6.07) is 0. The second-order valence-corrected chi connectivity index (χ2v) is 3.50. The molecule has 0 unspecified atom stereocenters. The molecule has 0 saturated carbocycles. The Morgan fingerprint density at radius 1 is 1.33 bits per heavy atom. The molecule has 0 heterocycles. The van der Waals surface area contributed by atoms with Crippen molar-refractivity contribution in [2.45, 2.75) is 13.3 Å². The SMILES string of the molecule is Cc1c(Cl)c(O)c(CCO)c(O)c1C=O. The first-order chi connectivity index (χ1) is 7.04. The first-order valence-electron chi connectivity index (χ1n) is 4.33. The summed E-state index contributed by atoms with van der Waals surface area (Å²) in [4.78, 5) is 10.7. The van der Waals surface area contributed by atoms with E-state index in [0.717, 1.165) is 0 Å². The highest BCUT2D eigenvalue weighted by atomic mass is 35.5.